The maximum atomic E-state index is 5.60. The number of thioether (sulfide) groups is 1. The zero-order chi connectivity index (χ0) is 14.4. The molecule has 0 saturated carbocycles. The van der Waals surface area contributed by atoms with Crippen LogP contribution in [0, 0.1) is 0 Å². The highest BCUT2D eigenvalue weighted by Crippen LogP contribution is 2.59. The first-order valence-electron chi connectivity index (χ1n) is 7.44. The summed E-state index contributed by atoms with van der Waals surface area (Å²) in [4.78, 5) is 3.88. The van der Waals surface area contributed by atoms with Gasteiger partial charge in [0.15, 0.2) is 0 Å². The molecule has 1 heterocycles. The summed E-state index contributed by atoms with van der Waals surface area (Å²) < 4.78 is 5.60. The molecule has 108 valence electrons. The molecule has 0 aromatic heterocycles. The fourth-order valence-electron chi connectivity index (χ4n) is 3.74. The first kappa shape index (κ1) is 13.1. The van der Waals surface area contributed by atoms with Crippen molar-refractivity contribution in [2.24, 2.45) is 0 Å². The molecular weight excluding hydrogens is 278 g/mol. The molecule has 21 heavy (non-hydrogen) atoms. The fraction of sp³-hybridized carbons (Fsp3) is 0.333. The predicted octanol–water partition coefficient (Wildman–Crippen LogP) is 4.43. The second kappa shape index (κ2) is 4.70. The third-order valence-corrected chi connectivity index (χ3v) is 6.36. The van der Waals surface area contributed by atoms with Crippen molar-refractivity contribution in [3.05, 3.63) is 53.6 Å². The summed E-state index contributed by atoms with van der Waals surface area (Å²) in [6.45, 7) is 0. The van der Waals surface area contributed by atoms with Crippen molar-refractivity contribution < 1.29 is 4.74 Å². The van der Waals surface area contributed by atoms with Crippen molar-refractivity contribution in [3.63, 3.8) is 0 Å². The van der Waals surface area contributed by atoms with Crippen LogP contribution in [0.15, 0.2) is 47.4 Å². The molecule has 0 bridgehead atoms. The van der Waals surface area contributed by atoms with Crippen LogP contribution in [-0.2, 0) is 11.3 Å². The van der Waals surface area contributed by atoms with E-state index in [0.29, 0.717) is 0 Å². The maximum absolute atomic E-state index is 5.60. The maximum Gasteiger partial charge on any atom is 0.122 e. The Morgan fingerprint density at radius 1 is 1.14 bits per heavy atom. The summed E-state index contributed by atoms with van der Waals surface area (Å²) in [7, 11) is 4.00. The highest BCUT2D eigenvalue weighted by molar-refractivity contribution is 8.00. The topological polar surface area (TPSA) is 12.5 Å². The number of hydrogen-bond donors (Lipinski definition) is 0. The van der Waals surface area contributed by atoms with Gasteiger partial charge in [-0.1, -0.05) is 36.0 Å². The lowest BCUT2D eigenvalue weighted by molar-refractivity contribution is 0.399. The predicted molar refractivity (Wildman–Crippen MR) is 88.3 cm³/mol. The van der Waals surface area contributed by atoms with E-state index in [-0.39, 0.29) is 4.87 Å². The van der Waals surface area contributed by atoms with E-state index in [2.05, 4.69) is 54.4 Å². The third-order valence-electron chi connectivity index (χ3n) is 4.76. The minimum Gasteiger partial charge on any atom is -0.496 e. The highest BCUT2D eigenvalue weighted by Gasteiger charge is 2.47. The Labute approximate surface area is 130 Å². The van der Waals surface area contributed by atoms with Crippen LogP contribution < -0.4 is 9.64 Å². The summed E-state index contributed by atoms with van der Waals surface area (Å²) in [5, 5.41) is 0. The van der Waals surface area contributed by atoms with Gasteiger partial charge in [0, 0.05) is 17.5 Å². The second-order valence-electron chi connectivity index (χ2n) is 5.75. The van der Waals surface area contributed by atoms with Crippen LogP contribution >= 0.6 is 11.8 Å². The standard InChI is InChI=1S/C18H19NOS/c1-19-15-9-3-4-11-17(15)21-18(19)12-6-7-13-14(18)8-5-10-16(13)20-2/h3-5,8-11H,6-7,12H2,1-2H3. The van der Waals surface area contributed by atoms with Gasteiger partial charge in [0.25, 0.3) is 0 Å². The Kier molecular flexibility index (Phi) is 2.93. The monoisotopic (exact) mass is 297 g/mol. The number of hydrogen-bond acceptors (Lipinski definition) is 3. The first-order chi connectivity index (χ1) is 10.3. The smallest absolute Gasteiger partial charge is 0.122 e. The van der Waals surface area contributed by atoms with E-state index < -0.39 is 0 Å². The first-order valence-corrected chi connectivity index (χ1v) is 8.26. The Morgan fingerprint density at radius 2 is 2.00 bits per heavy atom. The summed E-state index contributed by atoms with van der Waals surface area (Å²) in [6, 6.07) is 15.2. The van der Waals surface area contributed by atoms with Crippen LogP contribution in [0.25, 0.3) is 0 Å². The van der Waals surface area contributed by atoms with Crippen molar-refractivity contribution in [1.82, 2.24) is 0 Å². The molecule has 1 unspecified atom stereocenters. The average Bonchev–Trinajstić information content (AvgIpc) is 2.81. The number of para-hydroxylation sites is 1. The van der Waals surface area contributed by atoms with Crippen LogP contribution in [0.1, 0.15) is 24.0 Å². The molecule has 2 aromatic rings. The molecule has 3 heteroatoms. The lowest BCUT2D eigenvalue weighted by Gasteiger charge is -2.41. The van der Waals surface area contributed by atoms with Gasteiger partial charge in [-0.05, 0) is 43.0 Å². The summed E-state index contributed by atoms with van der Waals surface area (Å²) in [5.41, 5.74) is 4.16. The molecule has 0 radical (unpaired) electrons. The molecule has 1 spiro atoms. The van der Waals surface area contributed by atoms with Gasteiger partial charge in [-0.25, -0.2) is 0 Å². The Bertz CT molecular complexity index is 699. The fourth-order valence-corrected chi connectivity index (χ4v) is 5.34. The number of ether oxygens (including phenoxy) is 1. The number of rotatable bonds is 1. The molecule has 0 saturated heterocycles. The number of methoxy groups -OCH3 is 1. The van der Waals surface area contributed by atoms with E-state index in [0.717, 1.165) is 12.2 Å². The van der Waals surface area contributed by atoms with Gasteiger partial charge in [-0.15, -0.1) is 0 Å². The van der Waals surface area contributed by atoms with Gasteiger partial charge < -0.3 is 9.64 Å². The van der Waals surface area contributed by atoms with Gasteiger partial charge in [-0.2, -0.15) is 0 Å². The van der Waals surface area contributed by atoms with Crippen molar-refractivity contribution in [2.75, 3.05) is 19.1 Å². The van der Waals surface area contributed by atoms with Crippen LogP contribution in [0.4, 0.5) is 5.69 Å². The van der Waals surface area contributed by atoms with Crippen LogP contribution in [0.3, 0.4) is 0 Å². The van der Waals surface area contributed by atoms with Gasteiger partial charge in [-0.3, -0.25) is 0 Å². The molecule has 0 amide bonds. The second-order valence-corrected chi connectivity index (χ2v) is 7.07. The molecular formula is C18H19NOS. The lowest BCUT2D eigenvalue weighted by atomic mass is 9.85. The van der Waals surface area contributed by atoms with Crippen LogP contribution in [0.2, 0.25) is 0 Å². The summed E-state index contributed by atoms with van der Waals surface area (Å²) >= 11 is 2.00. The number of fused-ring (bicyclic) bond motifs is 3. The zero-order valence-corrected chi connectivity index (χ0v) is 13.2. The van der Waals surface area contributed by atoms with E-state index >= 15 is 0 Å². The number of anilines is 1. The van der Waals surface area contributed by atoms with E-state index in [1.165, 1.54) is 34.6 Å². The van der Waals surface area contributed by atoms with Crippen LogP contribution in [-0.4, -0.2) is 14.2 Å². The molecule has 0 N–H and O–H groups in total. The molecule has 2 aliphatic rings. The van der Waals surface area contributed by atoms with E-state index in [9.17, 15) is 0 Å². The molecule has 1 atom stereocenters. The van der Waals surface area contributed by atoms with Crippen molar-refractivity contribution >= 4 is 17.4 Å². The van der Waals surface area contributed by atoms with Gasteiger partial charge >= 0.3 is 0 Å². The quantitative estimate of drug-likeness (QED) is 0.773. The zero-order valence-electron chi connectivity index (χ0n) is 12.4. The average molecular weight is 297 g/mol. The minimum atomic E-state index is 0.0335. The minimum absolute atomic E-state index is 0.0335. The third kappa shape index (κ3) is 1.73. The van der Waals surface area contributed by atoms with Crippen LogP contribution in [0.5, 0.6) is 5.75 Å². The lowest BCUT2D eigenvalue weighted by Crippen LogP contribution is -2.40. The SMILES string of the molecule is COc1cccc2c1CCCC21Sc2ccccc2N1C. The van der Waals surface area contributed by atoms with Crippen molar-refractivity contribution in [2.45, 2.75) is 29.0 Å². The summed E-state index contributed by atoms with van der Waals surface area (Å²) in [5.74, 6) is 1.04. The number of nitrogens with zero attached hydrogens (tertiary/aromatic N) is 1. The molecule has 1 aliphatic carbocycles. The normalized spacial score (nSPS) is 23.0. The molecule has 2 aromatic carbocycles. The summed E-state index contributed by atoms with van der Waals surface area (Å²) in [6.07, 6.45) is 3.51. The molecule has 4 rings (SSSR count). The van der Waals surface area contributed by atoms with Crippen molar-refractivity contribution in [1.29, 1.82) is 0 Å². The molecule has 2 nitrogen and oxygen atoms in total. The van der Waals surface area contributed by atoms with Crippen molar-refractivity contribution in [3.8, 4) is 5.75 Å². The van der Waals surface area contributed by atoms with E-state index in [1.807, 2.05) is 11.8 Å². The van der Waals surface area contributed by atoms with Gasteiger partial charge in [0.2, 0.25) is 0 Å². The highest BCUT2D eigenvalue weighted by atomic mass is 32.2. The Morgan fingerprint density at radius 3 is 2.81 bits per heavy atom. The van der Waals surface area contributed by atoms with Gasteiger partial charge in [0.1, 0.15) is 10.6 Å². The number of benzene rings is 2. The van der Waals surface area contributed by atoms with Gasteiger partial charge in [0.05, 0.1) is 12.8 Å². The molecule has 0 fully saturated rings. The van der Waals surface area contributed by atoms with E-state index in [4.69, 9.17) is 4.74 Å². The molecule has 1 aliphatic heterocycles. The Balaban J connectivity index is 1.90. The largest absolute Gasteiger partial charge is 0.496 e. The van der Waals surface area contributed by atoms with E-state index in [1.54, 1.807) is 7.11 Å². The Hall–Kier alpha value is -1.61.